The van der Waals surface area contributed by atoms with Crippen LogP contribution >= 0.6 is 23.2 Å². The summed E-state index contributed by atoms with van der Waals surface area (Å²) in [6.07, 6.45) is 1.66. The molecule has 2 aromatic rings. The molecule has 0 radical (unpaired) electrons. The van der Waals surface area contributed by atoms with E-state index in [9.17, 15) is 0 Å². The van der Waals surface area contributed by atoms with Gasteiger partial charge in [0.05, 0.1) is 16.3 Å². The molecule has 1 aromatic heterocycles. The van der Waals surface area contributed by atoms with E-state index >= 15 is 0 Å². The standard InChI is InChI=1S/C12H10Cl2O/c1-8(11-6-3-7-15-11)9-4-2-5-10(13)12(9)14/h2-8H,1H3. The van der Waals surface area contributed by atoms with Crippen LogP contribution in [0.1, 0.15) is 24.2 Å². The lowest BCUT2D eigenvalue weighted by Gasteiger charge is -2.11. The molecule has 78 valence electrons. The second-order valence-corrected chi connectivity index (χ2v) is 4.17. The topological polar surface area (TPSA) is 13.1 Å². The van der Waals surface area contributed by atoms with Crippen molar-refractivity contribution < 1.29 is 4.42 Å². The second kappa shape index (κ2) is 4.30. The van der Waals surface area contributed by atoms with Crippen LogP contribution in [0.15, 0.2) is 41.0 Å². The first-order valence-corrected chi connectivity index (χ1v) is 5.43. The summed E-state index contributed by atoms with van der Waals surface area (Å²) in [4.78, 5) is 0. The summed E-state index contributed by atoms with van der Waals surface area (Å²) >= 11 is 12.1. The molecule has 15 heavy (non-hydrogen) atoms. The van der Waals surface area contributed by atoms with Gasteiger partial charge in [-0.25, -0.2) is 0 Å². The first kappa shape index (κ1) is 10.6. The van der Waals surface area contributed by atoms with Crippen LogP contribution in [0.5, 0.6) is 0 Å². The molecule has 3 heteroatoms. The fraction of sp³-hybridized carbons (Fsp3) is 0.167. The SMILES string of the molecule is CC(c1ccco1)c1cccc(Cl)c1Cl. The Hall–Kier alpha value is -0.920. The van der Waals surface area contributed by atoms with Gasteiger partial charge in [0.25, 0.3) is 0 Å². The van der Waals surface area contributed by atoms with Gasteiger partial charge in [-0.3, -0.25) is 0 Å². The Bertz CT molecular complexity index is 449. The molecule has 0 amide bonds. The minimum absolute atomic E-state index is 0.117. The molecular weight excluding hydrogens is 231 g/mol. The number of halogens is 2. The molecule has 0 saturated carbocycles. The van der Waals surface area contributed by atoms with Gasteiger partial charge in [-0.15, -0.1) is 0 Å². The summed E-state index contributed by atoms with van der Waals surface area (Å²) in [6, 6.07) is 9.43. The third-order valence-electron chi connectivity index (χ3n) is 2.42. The van der Waals surface area contributed by atoms with Crippen molar-refractivity contribution in [2.75, 3.05) is 0 Å². The van der Waals surface area contributed by atoms with E-state index in [2.05, 4.69) is 0 Å². The van der Waals surface area contributed by atoms with Gasteiger partial charge in [0.15, 0.2) is 0 Å². The van der Waals surface area contributed by atoms with Crippen molar-refractivity contribution in [3.05, 3.63) is 58.0 Å². The molecule has 1 aromatic carbocycles. The van der Waals surface area contributed by atoms with Crippen molar-refractivity contribution >= 4 is 23.2 Å². The number of hydrogen-bond donors (Lipinski definition) is 0. The normalized spacial score (nSPS) is 12.7. The Kier molecular flexibility index (Phi) is 3.03. The van der Waals surface area contributed by atoms with E-state index in [1.54, 1.807) is 12.3 Å². The largest absolute Gasteiger partial charge is 0.469 e. The van der Waals surface area contributed by atoms with Gasteiger partial charge in [0, 0.05) is 5.92 Å². The van der Waals surface area contributed by atoms with Crippen LogP contribution < -0.4 is 0 Å². The van der Waals surface area contributed by atoms with Crippen molar-refractivity contribution in [1.82, 2.24) is 0 Å². The third-order valence-corrected chi connectivity index (χ3v) is 3.25. The minimum atomic E-state index is 0.117. The third kappa shape index (κ3) is 2.04. The number of hydrogen-bond acceptors (Lipinski definition) is 1. The first-order valence-electron chi connectivity index (χ1n) is 4.67. The average Bonchev–Trinajstić information content (AvgIpc) is 2.74. The Morgan fingerprint density at radius 2 is 1.93 bits per heavy atom. The lowest BCUT2D eigenvalue weighted by molar-refractivity contribution is 0.496. The summed E-state index contributed by atoms with van der Waals surface area (Å²) in [5.74, 6) is 1.00. The van der Waals surface area contributed by atoms with E-state index in [4.69, 9.17) is 27.6 Å². The van der Waals surface area contributed by atoms with Gasteiger partial charge >= 0.3 is 0 Å². The maximum absolute atomic E-state index is 6.13. The molecule has 0 fully saturated rings. The summed E-state index contributed by atoms with van der Waals surface area (Å²) < 4.78 is 5.34. The maximum Gasteiger partial charge on any atom is 0.110 e. The van der Waals surface area contributed by atoms with Gasteiger partial charge in [-0.1, -0.05) is 42.3 Å². The Labute approximate surface area is 98.6 Å². The molecule has 0 N–H and O–H groups in total. The summed E-state index contributed by atoms with van der Waals surface area (Å²) in [7, 11) is 0. The molecule has 0 saturated heterocycles. The minimum Gasteiger partial charge on any atom is -0.469 e. The highest BCUT2D eigenvalue weighted by molar-refractivity contribution is 6.42. The molecule has 0 spiro atoms. The quantitative estimate of drug-likeness (QED) is 0.740. The maximum atomic E-state index is 6.13. The van der Waals surface area contributed by atoms with Gasteiger partial charge in [0.1, 0.15) is 5.76 Å². The van der Waals surface area contributed by atoms with Gasteiger partial charge in [0.2, 0.25) is 0 Å². The molecule has 1 unspecified atom stereocenters. The highest BCUT2D eigenvalue weighted by Gasteiger charge is 2.15. The molecular formula is C12H10Cl2O. The smallest absolute Gasteiger partial charge is 0.110 e. The monoisotopic (exact) mass is 240 g/mol. The Balaban J connectivity index is 2.42. The van der Waals surface area contributed by atoms with E-state index in [1.165, 1.54) is 0 Å². The fourth-order valence-corrected chi connectivity index (χ4v) is 2.02. The van der Waals surface area contributed by atoms with Crippen LogP contribution in [0.25, 0.3) is 0 Å². The first-order chi connectivity index (χ1) is 7.20. The molecule has 0 bridgehead atoms. The Morgan fingerprint density at radius 3 is 2.60 bits per heavy atom. The number of rotatable bonds is 2. The summed E-state index contributed by atoms with van der Waals surface area (Å²) in [5, 5.41) is 1.18. The number of benzene rings is 1. The van der Waals surface area contributed by atoms with Crippen molar-refractivity contribution in [2.24, 2.45) is 0 Å². The highest BCUT2D eigenvalue weighted by Crippen LogP contribution is 2.34. The van der Waals surface area contributed by atoms with Crippen molar-refractivity contribution in [2.45, 2.75) is 12.8 Å². The van der Waals surface area contributed by atoms with E-state index < -0.39 is 0 Å². The molecule has 1 heterocycles. The van der Waals surface area contributed by atoms with Crippen LogP contribution in [0, 0.1) is 0 Å². The number of furan rings is 1. The molecule has 2 rings (SSSR count). The van der Waals surface area contributed by atoms with Crippen LogP contribution in [0.4, 0.5) is 0 Å². The van der Waals surface area contributed by atoms with Crippen molar-refractivity contribution in [3.8, 4) is 0 Å². The zero-order valence-corrected chi connectivity index (χ0v) is 9.72. The van der Waals surface area contributed by atoms with Gasteiger partial charge in [-0.2, -0.15) is 0 Å². The highest BCUT2D eigenvalue weighted by atomic mass is 35.5. The van der Waals surface area contributed by atoms with Crippen LogP contribution in [0.3, 0.4) is 0 Å². The van der Waals surface area contributed by atoms with E-state index in [0.29, 0.717) is 10.0 Å². The van der Waals surface area contributed by atoms with E-state index in [1.807, 2.05) is 31.2 Å². The molecule has 1 nitrogen and oxygen atoms in total. The lowest BCUT2D eigenvalue weighted by Crippen LogP contribution is -1.95. The Morgan fingerprint density at radius 1 is 1.13 bits per heavy atom. The fourth-order valence-electron chi connectivity index (χ4n) is 1.55. The molecule has 0 aliphatic carbocycles. The predicted octanol–water partition coefficient (Wildman–Crippen LogP) is 4.74. The van der Waals surface area contributed by atoms with Crippen LogP contribution in [0.2, 0.25) is 10.0 Å². The molecule has 1 atom stereocenters. The summed E-state index contributed by atoms with van der Waals surface area (Å²) in [6.45, 7) is 2.04. The van der Waals surface area contributed by atoms with Gasteiger partial charge < -0.3 is 4.42 Å². The lowest BCUT2D eigenvalue weighted by atomic mass is 9.99. The molecule has 0 aliphatic rings. The zero-order valence-electron chi connectivity index (χ0n) is 8.21. The average molecular weight is 241 g/mol. The van der Waals surface area contributed by atoms with E-state index in [0.717, 1.165) is 11.3 Å². The molecule has 0 aliphatic heterocycles. The van der Waals surface area contributed by atoms with Crippen LogP contribution in [-0.2, 0) is 0 Å². The predicted molar refractivity (Wildman–Crippen MR) is 62.7 cm³/mol. The second-order valence-electron chi connectivity index (χ2n) is 3.38. The summed E-state index contributed by atoms with van der Waals surface area (Å²) in [5.41, 5.74) is 0.985. The van der Waals surface area contributed by atoms with Crippen molar-refractivity contribution in [1.29, 1.82) is 0 Å². The van der Waals surface area contributed by atoms with Gasteiger partial charge in [-0.05, 0) is 23.8 Å². The zero-order chi connectivity index (χ0) is 10.8. The van der Waals surface area contributed by atoms with Crippen molar-refractivity contribution in [3.63, 3.8) is 0 Å². The van der Waals surface area contributed by atoms with Crippen LogP contribution in [-0.4, -0.2) is 0 Å². The van der Waals surface area contributed by atoms with E-state index in [-0.39, 0.29) is 5.92 Å².